The van der Waals surface area contributed by atoms with Crippen LogP contribution in [0, 0.1) is 0 Å². The summed E-state index contributed by atoms with van der Waals surface area (Å²) in [5.41, 5.74) is 0.760. The molecule has 0 aromatic heterocycles. The second-order valence-electron chi connectivity index (χ2n) is 6.05. The molecule has 0 heterocycles. The summed E-state index contributed by atoms with van der Waals surface area (Å²) in [4.78, 5) is 18.2. The van der Waals surface area contributed by atoms with E-state index in [1.807, 2.05) is 0 Å². The van der Waals surface area contributed by atoms with Crippen molar-refractivity contribution in [2.45, 2.75) is 24.8 Å². The van der Waals surface area contributed by atoms with Crippen LogP contribution in [-0.4, -0.2) is 50.2 Å². The molecule has 28 heavy (non-hydrogen) atoms. The van der Waals surface area contributed by atoms with Gasteiger partial charge in [0, 0.05) is 20.0 Å². The fourth-order valence-electron chi connectivity index (χ4n) is 2.94. The van der Waals surface area contributed by atoms with Gasteiger partial charge in [-0.05, 0) is 29.3 Å². The number of halogens is 1. The zero-order chi connectivity index (χ0) is 20.9. The molecule has 0 aliphatic heterocycles. The van der Waals surface area contributed by atoms with Gasteiger partial charge in [0.1, 0.15) is 6.17 Å². The lowest BCUT2D eigenvalue weighted by atomic mass is 9.95. The average Bonchev–Trinajstić information content (AvgIpc) is 2.65. The van der Waals surface area contributed by atoms with Crippen molar-refractivity contribution in [2.24, 2.45) is 0 Å². The second kappa shape index (κ2) is 9.07. The number of hydrogen-bond donors (Lipinski definition) is 2. The van der Waals surface area contributed by atoms with Crippen LogP contribution < -0.4 is 14.2 Å². The Morgan fingerprint density at radius 2 is 1.75 bits per heavy atom. The number of phosphoric ester groups is 1. The molecule has 0 saturated heterocycles. The van der Waals surface area contributed by atoms with Crippen LogP contribution in [0.25, 0.3) is 0 Å². The zero-order valence-electron chi connectivity index (χ0n) is 16.0. The van der Waals surface area contributed by atoms with Crippen LogP contribution >= 0.6 is 7.82 Å². The number of ether oxygens (including phenoxy) is 4. The molecule has 2 rings (SSSR count). The van der Waals surface area contributed by atoms with Gasteiger partial charge in [0.2, 0.25) is 11.5 Å². The summed E-state index contributed by atoms with van der Waals surface area (Å²) in [6, 6.07) is 3.27. The highest BCUT2D eigenvalue weighted by atomic mass is 31.2. The first-order valence-corrected chi connectivity index (χ1v) is 9.83. The minimum absolute atomic E-state index is 0.0367. The molecule has 1 aromatic carbocycles. The van der Waals surface area contributed by atoms with Crippen LogP contribution in [0.1, 0.15) is 12.0 Å². The van der Waals surface area contributed by atoms with Crippen molar-refractivity contribution in [1.82, 2.24) is 0 Å². The number of allylic oxidation sites excluding steroid dienone is 2. The molecule has 1 aromatic rings. The molecule has 2 N–H and O–H groups in total. The third-order valence-corrected chi connectivity index (χ3v) is 4.77. The molecule has 0 bridgehead atoms. The van der Waals surface area contributed by atoms with E-state index in [1.165, 1.54) is 46.7 Å². The summed E-state index contributed by atoms with van der Waals surface area (Å²) < 4.78 is 51.9. The lowest BCUT2D eigenvalue weighted by molar-refractivity contribution is -0.135. The van der Waals surface area contributed by atoms with Crippen LogP contribution in [-0.2, 0) is 20.2 Å². The van der Waals surface area contributed by atoms with E-state index in [4.69, 9.17) is 33.3 Å². The Morgan fingerprint density at radius 1 is 1.14 bits per heavy atom. The minimum Gasteiger partial charge on any atom is -0.493 e. The van der Waals surface area contributed by atoms with Gasteiger partial charge in [-0.1, -0.05) is 12.2 Å². The van der Waals surface area contributed by atoms with Gasteiger partial charge in [-0.25, -0.2) is 13.5 Å². The number of phosphoric acid groups is 1. The summed E-state index contributed by atoms with van der Waals surface area (Å²) in [5, 5.41) is 0. The van der Waals surface area contributed by atoms with Crippen molar-refractivity contribution in [1.29, 1.82) is 0 Å². The van der Waals surface area contributed by atoms with Crippen molar-refractivity contribution in [2.75, 3.05) is 28.4 Å². The Labute approximate surface area is 162 Å². The summed E-state index contributed by atoms with van der Waals surface area (Å²) in [6.07, 6.45) is 2.82. The fraction of sp³-hybridized carbons (Fsp3) is 0.444. The van der Waals surface area contributed by atoms with E-state index in [0.717, 1.165) is 0 Å². The van der Waals surface area contributed by atoms with Crippen molar-refractivity contribution >= 4 is 7.82 Å². The first-order valence-electron chi connectivity index (χ1n) is 8.30. The number of methoxy groups -OCH3 is 4. The first-order chi connectivity index (χ1) is 13.2. The molecular formula is C18H24FO8P. The van der Waals surface area contributed by atoms with Crippen LogP contribution in [0.2, 0.25) is 0 Å². The second-order valence-corrected chi connectivity index (χ2v) is 7.22. The molecule has 156 valence electrons. The Hall–Kier alpha value is -1.90. The standard InChI is InChI=1S/C18H24FO8P/c1-23-15-9-12(10-16(24-2)17(15)25-3)8-14(19)13-6-5-7-18(11-13,26-4)27-28(20,21)22/h5-6,9-11,14H,7-8H2,1-4H3,(H2,20,21,22). The molecule has 10 heteroatoms. The van der Waals surface area contributed by atoms with Crippen LogP contribution in [0.4, 0.5) is 4.39 Å². The van der Waals surface area contributed by atoms with Crippen molar-refractivity contribution in [3.05, 3.63) is 41.5 Å². The highest BCUT2D eigenvalue weighted by Gasteiger charge is 2.38. The molecule has 0 amide bonds. The van der Waals surface area contributed by atoms with Gasteiger partial charge in [0.15, 0.2) is 11.5 Å². The average molecular weight is 418 g/mol. The molecule has 2 unspecified atom stereocenters. The molecule has 8 nitrogen and oxygen atoms in total. The van der Waals surface area contributed by atoms with E-state index in [-0.39, 0.29) is 18.4 Å². The maximum absolute atomic E-state index is 15.0. The first kappa shape index (κ1) is 22.4. The van der Waals surface area contributed by atoms with Gasteiger partial charge in [-0.2, -0.15) is 0 Å². The number of benzene rings is 1. The largest absolute Gasteiger partial charge is 0.493 e. The SMILES string of the molecule is COc1cc(CC(F)C2=CC(OC)(OP(=O)(O)O)CC=C2)cc(OC)c1OC. The third-order valence-electron chi connectivity index (χ3n) is 4.22. The van der Waals surface area contributed by atoms with Crippen molar-refractivity contribution in [3.63, 3.8) is 0 Å². The predicted octanol–water partition coefficient (Wildman–Crippen LogP) is 2.93. The van der Waals surface area contributed by atoms with E-state index in [2.05, 4.69) is 0 Å². The van der Waals surface area contributed by atoms with E-state index in [1.54, 1.807) is 12.1 Å². The van der Waals surface area contributed by atoms with Crippen LogP contribution in [0.5, 0.6) is 17.2 Å². The highest BCUT2D eigenvalue weighted by molar-refractivity contribution is 7.46. The number of rotatable bonds is 9. The Morgan fingerprint density at radius 3 is 2.21 bits per heavy atom. The quantitative estimate of drug-likeness (QED) is 0.466. The Kier molecular flexibility index (Phi) is 7.25. The van der Waals surface area contributed by atoms with Crippen molar-refractivity contribution < 1.29 is 42.2 Å². The molecule has 1 aliphatic carbocycles. The van der Waals surface area contributed by atoms with Crippen LogP contribution in [0.3, 0.4) is 0 Å². The molecule has 0 spiro atoms. The van der Waals surface area contributed by atoms with E-state index in [0.29, 0.717) is 22.8 Å². The molecular weight excluding hydrogens is 394 g/mol. The number of alkyl halides is 1. The van der Waals surface area contributed by atoms with Crippen LogP contribution in [0.15, 0.2) is 35.9 Å². The Bertz CT molecular complexity index is 778. The summed E-state index contributed by atoms with van der Waals surface area (Å²) in [6.45, 7) is 0. The van der Waals surface area contributed by atoms with Crippen molar-refractivity contribution in [3.8, 4) is 17.2 Å². The van der Waals surface area contributed by atoms with E-state index < -0.39 is 19.8 Å². The van der Waals surface area contributed by atoms with Gasteiger partial charge in [-0.3, -0.25) is 0 Å². The smallest absolute Gasteiger partial charge is 0.472 e. The number of hydrogen-bond acceptors (Lipinski definition) is 6. The fourth-order valence-corrected chi connectivity index (χ4v) is 3.54. The normalized spacial score (nSPS) is 20.5. The lowest BCUT2D eigenvalue weighted by Gasteiger charge is -2.31. The van der Waals surface area contributed by atoms with Gasteiger partial charge in [-0.15, -0.1) is 0 Å². The van der Waals surface area contributed by atoms with E-state index >= 15 is 4.39 Å². The molecule has 2 atom stereocenters. The molecule has 1 aliphatic rings. The minimum atomic E-state index is -4.84. The maximum atomic E-state index is 15.0. The third kappa shape index (κ3) is 5.33. The topological polar surface area (TPSA) is 104 Å². The summed E-state index contributed by atoms with van der Waals surface area (Å²) >= 11 is 0. The predicted molar refractivity (Wildman–Crippen MR) is 99.4 cm³/mol. The maximum Gasteiger partial charge on any atom is 0.472 e. The molecule has 0 saturated carbocycles. The lowest BCUT2D eigenvalue weighted by Crippen LogP contribution is -2.33. The van der Waals surface area contributed by atoms with Gasteiger partial charge in [0.25, 0.3) is 0 Å². The summed E-state index contributed by atoms with van der Waals surface area (Å²) in [7, 11) is 0.792. The highest BCUT2D eigenvalue weighted by Crippen LogP contribution is 2.45. The Balaban J connectivity index is 2.30. The van der Waals surface area contributed by atoms with Gasteiger partial charge in [0.05, 0.1) is 21.3 Å². The van der Waals surface area contributed by atoms with Gasteiger partial charge < -0.3 is 28.7 Å². The summed E-state index contributed by atoms with van der Waals surface area (Å²) in [5.74, 6) is -0.543. The van der Waals surface area contributed by atoms with Gasteiger partial charge >= 0.3 is 7.82 Å². The molecule has 0 fully saturated rings. The monoisotopic (exact) mass is 418 g/mol. The van der Waals surface area contributed by atoms with E-state index in [9.17, 15) is 4.57 Å². The zero-order valence-corrected chi connectivity index (χ0v) is 16.9. The molecule has 0 radical (unpaired) electrons.